The van der Waals surface area contributed by atoms with Crippen molar-refractivity contribution < 1.29 is 4.42 Å². The van der Waals surface area contributed by atoms with E-state index in [1.165, 1.54) is 6.33 Å². The van der Waals surface area contributed by atoms with Gasteiger partial charge in [0.2, 0.25) is 0 Å². The highest BCUT2D eigenvalue weighted by Gasteiger charge is 2.13. The number of rotatable bonds is 2. The minimum Gasteiger partial charge on any atom is -0.431 e. The van der Waals surface area contributed by atoms with Crippen LogP contribution in [0.4, 0.5) is 5.69 Å². The summed E-state index contributed by atoms with van der Waals surface area (Å²) in [5, 5.41) is 0.694. The summed E-state index contributed by atoms with van der Waals surface area (Å²) in [6, 6.07) is 5.16. The number of halogens is 1. The van der Waals surface area contributed by atoms with E-state index in [2.05, 4.69) is 15.0 Å². The van der Waals surface area contributed by atoms with E-state index in [0.717, 1.165) is 11.8 Å². The Morgan fingerprint density at radius 1 is 1.42 bits per heavy atom. The van der Waals surface area contributed by atoms with Crippen molar-refractivity contribution in [3.63, 3.8) is 0 Å². The highest BCUT2D eigenvalue weighted by atomic mass is 35.5. The van der Waals surface area contributed by atoms with Crippen LogP contribution in [0.2, 0.25) is 5.02 Å². The van der Waals surface area contributed by atoms with Gasteiger partial charge in [-0.3, -0.25) is 4.79 Å². The molecule has 0 radical (unpaired) electrons. The predicted molar refractivity (Wildman–Crippen MR) is 72.4 cm³/mol. The summed E-state index contributed by atoms with van der Waals surface area (Å²) in [7, 11) is 0. The summed E-state index contributed by atoms with van der Waals surface area (Å²) in [5.41, 5.74) is 7.11. The number of hydrogen-bond acceptors (Lipinski definition) is 6. The molecule has 0 fully saturated rings. The average Bonchev–Trinajstić information content (AvgIpc) is 2.76. The zero-order chi connectivity index (χ0) is 13.4. The Balaban J connectivity index is 2.01. The van der Waals surface area contributed by atoms with Gasteiger partial charge in [0.05, 0.1) is 6.33 Å². The molecule has 0 unspecified atom stereocenters. The van der Waals surface area contributed by atoms with Crippen LogP contribution in [0.5, 0.6) is 0 Å². The van der Waals surface area contributed by atoms with Crippen molar-refractivity contribution in [3.8, 4) is 0 Å². The second-order valence-electron chi connectivity index (χ2n) is 3.66. The lowest BCUT2D eigenvalue weighted by molar-refractivity contribution is 0.489. The van der Waals surface area contributed by atoms with Crippen molar-refractivity contribution >= 4 is 40.1 Å². The van der Waals surface area contributed by atoms with E-state index in [0.29, 0.717) is 27.0 Å². The molecule has 3 aromatic rings. The minimum atomic E-state index is -0.403. The van der Waals surface area contributed by atoms with Crippen LogP contribution in [-0.4, -0.2) is 15.0 Å². The van der Waals surface area contributed by atoms with Gasteiger partial charge in [0.25, 0.3) is 10.8 Å². The highest BCUT2D eigenvalue weighted by molar-refractivity contribution is 7.99. The van der Waals surface area contributed by atoms with E-state index >= 15 is 0 Å². The van der Waals surface area contributed by atoms with Crippen LogP contribution in [0.1, 0.15) is 0 Å². The lowest BCUT2D eigenvalue weighted by Gasteiger charge is -1.96. The van der Waals surface area contributed by atoms with Crippen molar-refractivity contribution in [2.24, 2.45) is 0 Å². The number of nitrogens with one attached hydrogen (secondary N) is 1. The van der Waals surface area contributed by atoms with Gasteiger partial charge in [0.15, 0.2) is 5.58 Å². The van der Waals surface area contributed by atoms with Crippen molar-refractivity contribution in [3.05, 3.63) is 39.9 Å². The van der Waals surface area contributed by atoms with Gasteiger partial charge >= 0.3 is 0 Å². The van der Waals surface area contributed by atoms with Crippen molar-refractivity contribution in [1.82, 2.24) is 15.0 Å². The lowest BCUT2D eigenvalue weighted by atomic mass is 10.3. The number of hydrogen-bond donors (Lipinski definition) is 2. The molecule has 6 nitrogen and oxygen atoms in total. The van der Waals surface area contributed by atoms with E-state index in [1.54, 1.807) is 18.2 Å². The van der Waals surface area contributed by atoms with E-state index < -0.39 is 5.56 Å². The molecule has 0 aliphatic carbocycles. The smallest absolute Gasteiger partial charge is 0.270 e. The molecule has 0 spiro atoms. The SMILES string of the molecule is Nc1ccc2oc(Sc3nc[nH]c(=O)c3Cl)nc2c1. The Hall–Kier alpha value is -1.99. The second kappa shape index (κ2) is 4.60. The molecule has 0 bridgehead atoms. The van der Waals surface area contributed by atoms with Gasteiger partial charge in [-0.2, -0.15) is 0 Å². The summed E-state index contributed by atoms with van der Waals surface area (Å²) in [6.45, 7) is 0. The van der Waals surface area contributed by atoms with E-state index in [1.807, 2.05) is 0 Å². The summed E-state index contributed by atoms with van der Waals surface area (Å²) in [6.07, 6.45) is 1.27. The molecular weight excluding hydrogens is 288 g/mol. The number of anilines is 1. The van der Waals surface area contributed by atoms with Gasteiger partial charge in [-0.1, -0.05) is 11.6 Å². The molecule has 3 rings (SSSR count). The van der Waals surface area contributed by atoms with Crippen LogP contribution < -0.4 is 11.3 Å². The summed E-state index contributed by atoms with van der Waals surface area (Å²) in [5.74, 6) is 0. The Bertz CT molecular complexity index is 814. The number of nitrogens with two attached hydrogens (primary N) is 1. The zero-order valence-corrected chi connectivity index (χ0v) is 11.0. The molecule has 0 aliphatic heterocycles. The normalized spacial score (nSPS) is 11.0. The predicted octanol–water partition coefficient (Wildman–Crippen LogP) is 2.30. The molecule has 0 amide bonds. The number of oxazole rings is 1. The molecule has 19 heavy (non-hydrogen) atoms. The van der Waals surface area contributed by atoms with Gasteiger partial charge in [0, 0.05) is 5.69 Å². The first-order chi connectivity index (χ1) is 9.13. The molecule has 0 aliphatic rings. The van der Waals surface area contributed by atoms with Gasteiger partial charge < -0.3 is 15.1 Å². The third-order valence-corrected chi connectivity index (χ3v) is 3.66. The summed E-state index contributed by atoms with van der Waals surface area (Å²) < 4.78 is 5.51. The third-order valence-electron chi connectivity index (χ3n) is 2.34. The quantitative estimate of drug-likeness (QED) is 0.556. The standard InChI is InChI=1S/C11H7ClN4O2S/c12-8-9(17)14-4-15-10(8)19-11-16-6-3-5(13)1-2-7(6)18-11/h1-4H,13H2,(H,14,15,17). The molecular formula is C11H7ClN4O2S. The number of nitrogens with zero attached hydrogens (tertiary/aromatic N) is 2. The first-order valence-electron chi connectivity index (χ1n) is 5.20. The number of aromatic nitrogens is 3. The van der Waals surface area contributed by atoms with Crippen LogP contribution >= 0.6 is 23.4 Å². The van der Waals surface area contributed by atoms with Gasteiger partial charge in [-0.25, -0.2) is 9.97 Å². The molecule has 1 aromatic carbocycles. The maximum Gasteiger partial charge on any atom is 0.270 e. The van der Waals surface area contributed by atoms with Crippen LogP contribution in [0, 0.1) is 0 Å². The number of benzene rings is 1. The minimum absolute atomic E-state index is 0.00858. The first kappa shape index (κ1) is 12.1. The monoisotopic (exact) mass is 294 g/mol. The maximum absolute atomic E-state index is 11.3. The molecule has 0 atom stereocenters. The van der Waals surface area contributed by atoms with E-state index in [9.17, 15) is 4.79 Å². The Labute approximate surface area is 116 Å². The highest BCUT2D eigenvalue weighted by Crippen LogP contribution is 2.31. The van der Waals surface area contributed by atoms with Gasteiger partial charge in [0.1, 0.15) is 15.6 Å². The number of fused-ring (bicyclic) bond motifs is 1. The fourth-order valence-electron chi connectivity index (χ4n) is 1.49. The third kappa shape index (κ3) is 2.29. The van der Waals surface area contributed by atoms with Gasteiger partial charge in [-0.15, -0.1) is 0 Å². The molecule has 96 valence electrons. The lowest BCUT2D eigenvalue weighted by Crippen LogP contribution is -2.07. The summed E-state index contributed by atoms with van der Waals surface area (Å²) >= 11 is 6.93. The number of H-pyrrole nitrogens is 1. The van der Waals surface area contributed by atoms with Crippen molar-refractivity contribution in [2.75, 3.05) is 5.73 Å². The van der Waals surface area contributed by atoms with E-state index in [4.69, 9.17) is 21.8 Å². The fraction of sp³-hybridized carbons (Fsp3) is 0. The molecule has 2 heterocycles. The number of nitrogen functional groups attached to an aromatic ring is 1. The summed E-state index contributed by atoms with van der Waals surface area (Å²) in [4.78, 5) is 21.9. The first-order valence-corrected chi connectivity index (χ1v) is 6.40. The molecule has 8 heteroatoms. The van der Waals surface area contributed by atoms with E-state index in [-0.39, 0.29) is 5.02 Å². The van der Waals surface area contributed by atoms with Gasteiger partial charge in [-0.05, 0) is 30.0 Å². The molecule has 2 aromatic heterocycles. The van der Waals surface area contributed by atoms with Crippen molar-refractivity contribution in [2.45, 2.75) is 10.2 Å². The van der Waals surface area contributed by atoms with Crippen molar-refractivity contribution in [1.29, 1.82) is 0 Å². The van der Waals surface area contributed by atoms with Crippen LogP contribution in [0.15, 0.2) is 44.0 Å². The average molecular weight is 295 g/mol. The van der Waals surface area contributed by atoms with Crippen LogP contribution in [0.25, 0.3) is 11.1 Å². The number of aromatic amines is 1. The van der Waals surface area contributed by atoms with Crippen LogP contribution in [0.3, 0.4) is 0 Å². The molecule has 3 N–H and O–H groups in total. The molecule has 0 saturated carbocycles. The Kier molecular flexibility index (Phi) is 2.92. The largest absolute Gasteiger partial charge is 0.431 e. The maximum atomic E-state index is 11.3. The Morgan fingerprint density at radius 3 is 3.11 bits per heavy atom. The topological polar surface area (TPSA) is 97.8 Å². The van der Waals surface area contributed by atoms with Crippen LogP contribution in [-0.2, 0) is 0 Å². The molecule has 0 saturated heterocycles. The Morgan fingerprint density at radius 2 is 2.26 bits per heavy atom. The zero-order valence-electron chi connectivity index (χ0n) is 9.38. The second-order valence-corrected chi connectivity index (χ2v) is 4.98. The fourth-order valence-corrected chi connectivity index (χ4v) is 2.44.